The Kier molecular flexibility index (Phi) is 4.14. The van der Waals surface area contributed by atoms with Crippen molar-refractivity contribution in [1.29, 1.82) is 0 Å². The second-order valence-electron chi connectivity index (χ2n) is 5.50. The largest absolute Gasteiger partial charge is 0.384 e. The van der Waals surface area contributed by atoms with Gasteiger partial charge in [-0.3, -0.25) is 4.68 Å². The van der Waals surface area contributed by atoms with Crippen LogP contribution < -0.4 is 0 Å². The lowest BCUT2D eigenvalue weighted by atomic mass is 9.65. The van der Waals surface area contributed by atoms with Crippen LogP contribution >= 0.6 is 15.9 Å². The molecule has 0 aliphatic heterocycles. The molecule has 1 N–H and O–H groups in total. The molecule has 0 saturated heterocycles. The number of ether oxygens (including phenoxy) is 1. The molecule has 0 aromatic carbocycles. The van der Waals surface area contributed by atoms with E-state index in [1.807, 2.05) is 4.68 Å². The van der Waals surface area contributed by atoms with Gasteiger partial charge in [-0.05, 0) is 40.6 Å². The highest BCUT2D eigenvalue weighted by Gasteiger charge is 2.48. The van der Waals surface area contributed by atoms with E-state index in [0.717, 1.165) is 23.0 Å². The monoisotopic (exact) mass is 316 g/mol. The van der Waals surface area contributed by atoms with Gasteiger partial charge in [-0.2, -0.15) is 5.10 Å². The van der Waals surface area contributed by atoms with Crippen molar-refractivity contribution in [1.82, 2.24) is 9.78 Å². The molecule has 1 saturated carbocycles. The molecule has 2 rings (SSSR count). The van der Waals surface area contributed by atoms with Gasteiger partial charge in [-0.15, -0.1) is 0 Å². The highest BCUT2D eigenvalue weighted by atomic mass is 79.9. The van der Waals surface area contributed by atoms with Crippen LogP contribution in [0.25, 0.3) is 0 Å². The average Bonchev–Trinajstić information content (AvgIpc) is 2.63. The predicted molar refractivity (Wildman–Crippen MR) is 73.3 cm³/mol. The van der Waals surface area contributed by atoms with Crippen LogP contribution in [0.1, 0.15) is 32.4 Å². The molecule has 0 bridgehead atoms. The summed E-state index contributed by atoms with van der Waals surface area (Å²) in [7, 11) is 1.67. The van der Waals surface area contributed by atoms with Crippen LogP contribution in [0.5, 0.6) is 0 Å². The minimum Gasteiger partial charge on any atom is -0.384 e. The third-order valence-electron chi connectivity index (χ3n) is 3.89. The van der Waals surface area contributed by atoms with Gasteiger partial charge in [0.2, 0.25) is 0 Å². The molecule has 1 fully saturated rings. The molecule has 0 spiro atoms. The van der Waals surface area contributed by atoms with Crippen molar-refractivity contribution < 1.29 is 9.84 Å². The summed E-state index contributed by atoms with van der Waals surface area (Å²) in [5.41, 5.74) is 0.175. The molecular formula is C13H21BrN2O2. The van der Waals surface area contributed by atoms with E-state index in [1.54, 1.807) is 13.3 Å². The lowest BCUT2D eigenvalue weighted by Gasteiger charge is -2.46. The first kappa shape index (κ1) is 14.0. The summed E-state index contributed by atoms with van der Waals surface area (Å²) in [5, 5.41) is 15.0. The molecule has 4 nitrogen and oxygen atoms in total. The number of halogens is 1. The summed E-state index contributed by atoms with van der Waals surface area (Å²) in [5.74, 6) is 1.23. The lowest BCUT2D eigenvalue weighted by Crippen LogP contribution is -2.45. The highest BCUT2D eigenvalue weighted by Crippen LogP contribution is 2.50. The van der Waals surface area contributed by atoms with E-state index >= 15 is 0 Å². The van der Waals surface area contributed by atoms with Crippen LogP contribution in [0.15, 0.2) is 10.7 Å². The fourth-order valence-corrected chi connectivity index (χ4v) is 3.31. The summed E-state index contributed by atoms with van der Waals surface area (Å²) in [6, 6.07) is 0. The Labute approximate surface area is 116 Å². The van der Waals surface area contributed by atoms with Crippen molar-refractivity contribution in [3.8, 4) is 0 Å². The van der Waals surface area contributed by atoms with Gasteiger partial charge >= 0.3 is 0 Å². The molecule has 0 unspecified atom stereocenters. The van der Waals surface area contributed by atoms with E-state index in [0.29, 0.717) is 25.0 Å². The minimum atomic E-state index is -0.724. The molecule has 1 aromatic rings. The first-order valence-electron chi connectivity index (χ1n) is 6.41. The summed E-state index contributed by atoms with van der Waals surface area (Å²) >= 11 is 3.49. The average molecular weight is 317 g/mol. The van der Waals surface area contributed by atoms with Crippen molar-refractivity contribution in [2.45, 2.75) is 38.8 Å². The standard InChI is InChI=1S/C13H21BrN2O2/c1-9(2)10-6-13(17,7-10)12-11(14)8-15-16(12)4-5-18-3/h8-10,17H,4-7H2,1-3H3. The fraction of sp³-hybridized carbons (Fsp3) is 0.769. The second-order valence-corrected chi connectivity index (χ2v) is 6.36. The van der Waals surface area contributed by atoms with Crippen molar-refractivity contribution in [3.63, 3.8) is 0 Å². The maximum Gasteiger partial charge on any atom is 0.108 e. The maximum atomic E-state index is 10.7. The minimum absolute atomic E-state index is 0.602. The number of hydrogen-bond acceptors (Lipinski definition) is 3. The summed E-state index contributed by atoms with van der Waals surface area (Å²) in [6.07, 6.45) is 3.40. The number of nitrogens with zero attached hydrogens (tertiary/aromatic N) is 2. The van der Waals surface area contributed by atoms with Gasteiger partial charge in [0.05, 0.1) is 29.5 Å². The zero-order valence-corrected chi connectivity index (χ0v) is 12.8. The molecule has 1 aromatic heterocycles. The number of rotatable bonds is 5. The number of aromatic nitrogens is 2. The van der Waals surface area contributed by atoms with Crippen molar-refractivity contribution in [2.75, 3.05) is 13.7 Å². The second kappa shape index (κ2) is 5.31. The molecule has 1 aliphatic carbocycles. The zero-order chi connectivity index (χ0) is 13.3. The van der Waals surface area contributed by atoms with Gasteiger partial charge in [0.15, 0.2) is 0 Å². The van der Waals surface area contributed by atoms with Crippen molar-refractivity contribution in [3.05, 3.63) is 16.4 Å². The van der Waals surface area contributed by atoms with Crippen LogP contribution in [0.3, 0.4) is 0 Å². The van der Waals surface area contributed by atoms with E-state index < -0.39 is 5.60 Å². The Bertz CT molecular complexity index is 411. The molecule has 18 heavy (non-hydrogen) atoms. The lowest BCUT2D eigenvalue weighted by molar-refractivity contribution is -0.100. The van der Waals surface area contributed by atoms with Crippen LogP contribution in [0.2, 0.25) is 0 Å². The summed E-state index contributed by atoms with van der Waals surface area (Å²) in [6.45, 7) is 5.69. The van der Waals surface area contributed by atoms with E-state index in [9.17, 15) is 5.11 Å². The molecule has 0 radical (unpaired) electrons. The van der Waals surface area contributed by atoms with E-state index in [-0.39, 0.29) is 0 Å². The van der Waals surface area contributed by atoms with E-state index in [2.05, 4.69) is 34.9 Å². The first-order chi connectivity index (χ1) is 8.48. The van der Waals surface area contributed by atoms with Crippen LogP contribution in [-0.4, -0.2) is 28.6 Å². The molecule has 0 amide bonds. The molecule has 0 atom stereocenters. The van der Waals surface area contributed by atoms with E-state index in [4.69, 9.17) is 4.74 Å². The van der Waals surface area contributed by atoms with Crippen LogP contribution in [-0.2, 0) is 16.9 Å². The van der Waals surface area contributed by atoms with Gasteiger partial charge in [0.25, 0.3) is 0 Å². The summed E-state index contributed by atoms with van der Waals surface area (Å²) < 4.78 is 7.82. The van der Waals surface area contributed by atoms with Gasteiger partial charge in [0.1, 0.15) is 5.60 Å². The van der Waals surface area contributed by atoms with Crippen molar-refractivity contribution in [2.24, 2.45) is 11.8 Å². The highest BCUT2D eigenvalue weighted by molar-refractivity contribution is 9.10. The van der Waals surface area contributed by atoms with E-state index in [1.165, 1.54) is 0 Å². The van der Waals surface area contributed by atoms with Gasteiger partial charge < -0.3 is 9.84 Å². The number of aliphatic hydroxyl groups is 1. The third kappa shape index (κ3) is 2.49. The number of hydrogen-bond donors (Lipinski definition) is 1. The molecule has 5 heteroatoms. The third-order valence-corrected chi connectivity index (χ3v) is 4.47. The summed E-state index contributed by atoms with van der Waals surface area (Å²) in [4.78, 5) is 0. The van der Waals surface area contributed by atoms with Gasteiger partial charge in [-0.25, -0.2) is 0 Å². The first-order valence-corrected chi connectivity index (χ1v) is 7.20. The smallest absolute Gasteiger partial charge is 0.108 e. The molecular weight excluding hydrogens is 296 g/mol. The molecule has 1 heterocycles. The Hall–Kier alpha value is -0.390. The predicted octanol–water partition coefficient (Wildman–Crippen LogP) is 2.55. The zero-order valence-electron chi connectivity index (χ0n) is 11.2. The van der Waals surface area contributed by atoms with Crippen LogP contribution in [0.4, 0.5) is 0 Å². The Balaban J connectivity index is 2.15. The van der Waals surface area contributed by atoms with Gasteiger partial charge in [-0.1, -0.05) is 13.8 Å². The number of methoxy groups -OCH3 is 1. The van der Waals surface area contributed by atoms with Crippen molar-refractivity contribution >= 4 is 15.9 Å². The molecule has 1 aliphatic rings. The fourth-order valence-electron chi connectivity index (χ4n) is 2.64. The topological polar surface area (TPSA) is 47.3 Å². The Morgan fingerprint density at radius 1 is 1.61 bits per heavy atom. The SMILES string of the molecule is COCCn1ncc(Br)c1C1(O)CC(C(C)C)C1. The van der Waals surface area contributed by atoms with Crippen LogP contribution in [0, 0.1) is 11.8 Å². The Morgan fingerprint density at radius 3 is 2.83 bits per heavy atom. The Morgan fingerprint density at radius 2 is 2.28 bits per heavy atom. The molecule has 102 valence electrons. The van der Waals surface area contributed by atoms with Gasteiger partial charge in [0, 0.05) is 7.11 Å². The quantitative estimate of drug-likeness (QED) is 0.908. The maximum absolute atomic E-state index is 10.7. The normalized spacial score (nSPS) is 27.6.